The van der Waals surface area contributed by atoms with Crippen molar-refractivity contribution < 1.29 is 4.74 Å². The van der Waals surface area contributed by atoms with E-state index in [1.54, 1.807) is 7.11 Å². The van der Waals surface area contributed by atoms with Crippen molar-refractivity contribution >= 4 is 31.9 Å². The zero-order chi connectivity index (χ0) is 11.3. The molecule has 2 nitrogen and oxygen atoms in total. The number of hydrogen-bond donors (Lipinski definition) is 1. The van der Waals surface area contributed by atoms with Crippen molar-refractivity contribution in [3.05, 3.63) is 39.3 Å². The lowest BCUT2D eigenvalue weighted by Gasteiger charge is -2.09. The van der Waals surface area contributed by atoms with Gasteiger partial charge in [0, 0.05) is 27.6 Å². The maximum atomic E-state index is 5.28. The third-order valence-corrected chi connectivity index (χ3v) is 2.66. The largest absolute Gasteiger partial charge is 0.496 e. The average molecular weight is 335 g/mol. The minimum absolute atomic E-state index is 0.749. The summed E-state index contributed by atoms with van der Waals surface area (Å²) >= 11 is 6.71. The average Bonchev–Trinajstić information content (AvgIpc) is 2.19. The number of rotatable bonds is 5. The molecule has 0 unspecified atom stereocenters. The monoisotopic (exact) mass is 333 g/mol. The summed E-state index contributed by atoms with van der Waals surface area (Å²) < 4.78 is 7.24. The van der Waals surface area contributed by atoms with Crippen molar-refractivity contribution in [3.8, 4) is 5.75 Å². The van der Waals surface area contributed by atoms with E-state index in [2.05, 4.69) is 43.8 Å². The molecule has 1 N–H and O–H groups in total. The van der Waals surface area contributed by atoms with Gasteiger partial charge in [0.25, 0.3) is 0 Å². The van der Waals surface area contributed by atoms with Crippen LogP contribution in [0, 0.1) is 0 Å². The van der Waals surface area contributed by atoms with Crippen molar-refractivity contribution in [3.63, 3.8) is 0 Å². The number of methoxy groups -OCH3 is 1. The number of halogens is 2. The first-order chi connectivity index (χ1) is 7.13. The van der Waals surface area contributed by atoms with E-state index in [0.29, 0.717) is 0 Å². The molecule has 1 aromatic rings. The number of benzene rings is 1. The van der Waals surface area contributed by atoms with Crippen molar-refractivity contribution in [2.75, 3.05) is 13.7 Å². The Kier molecular flexibility index (Phi) is 5.36. The molecule has 0 radical (unpaired) electrons. The van der Waals surface area contributed by atoms with E-state index >= 15 is 0 Å². The first-order valence-corrected chi connectivity index (χ1v) is 6.08. The summed E-state index contributed by atoms with van der Waals surface area (Å²) in [5.74, 6) is 0.886. The van der Waals surface area contributed by atoms with Crippen LogP contribution in [0.1, 0.15) is 5.56 Å². The second-order valence-electron chi connectivity index (χ2n) is 3.08. The molecule has 15 heavy (non-hydrogen) atoms. The molecule has 1 rings (SSSR count). The minimum atomic E-state index is 0.749. The zero-order valence-electron chi connectivity index (χ0n) is 8.52. The van der Waals surface area contributed by atoms with E-state index in [1.807, 2.05) is 18.2 Å². The fourth-order valence-corrected chi connectivity index (χ4v) is 1.74. The van der Waals surface area contributed by atoms with E-state index in [1.165, 1.54) is 0 Å². The smallest absolute Gasteiger partial charge is 0.124 e. The second-order valence-corrected chi connectivity index (χ2v) is 5.11. The number of hydrogen-bond acceptors (Lipinski definition) is 2. The van der Waals surface area contributed by atoms with Gasteiger partial charge in [-0.05, 0) is 12.1 Å². The molecule has 0 saturated heterocycles. The summed E-state index contributed by atoms with van der Waals surface area (Å²) in [5.41, 5.74) is 1.13. The summed E-state index contributed by atoms with van der Waals surface area (Å²) in [6.45, 7) is 5.27. The van der Waals surface area contributed by atoms with E-state index in [9.17, 15) is 0 Å². The van der Waals surface area contributed by atoms with Crippen LogP contribution < -0.4 is 10.1 Å². The summed E-state index contributed by atoms with van der Waals surface area (Å²) in [7, 11) is 1.68. The van der Waals surface area contributed by atoms with Crippen LogP contribution in [0.5, 0.6) is 5.75 Å². The third-order valence-electron chi connectivity index (χ3n) is 1.88. The highest BCUT2D eigenvalue weighted by Crippen LogP contribution is 2.23. The van der Waals surface area contributed by atoms with Gasteiger partial charge in [-0.1, -0.05) is 44.5 Å². The Morgan fingerprint density at radius 3 is 2.87 bits per heavy atom. The van der Waals surface area contributed by atoms with Crippen molar-refractivity contribution in [2.45, 2.75) is 6.54 Å². The van der Waals surface area contributed by atoms with Gasteiger partial charge in [-0.25, -0.2) is 0 Å². The van der Waals surface area contributed by atoms with Crippen LogP contribution in [-0.4, -0.2) is 13.7 Å². The highest BCUT2D eigenvalue weighted by atomic mass is 79.9. The van der Waals surface area contributed by atoms with Crippen LogP contribution >= 0.6 is 31.9 Å². The Balaban J connectivity index is 2.63. The maximum absolute atomic E-state index is 5.28. The van der Waals surface area contributed by atoms with Crippen LogP contribution in [0.25, 0.3) is 0 Å². The van der Waals surface area contributed by atoms with Gasteiger partial charge in [0.15, 0.2) is 0 Å². The highest BCUT2D eigenvalue weighted by molar-refractivity contribution is 9.11. The number of ether oxygens (including phenoxy) is 1. The Morgan fingerprint density at radius 1 is 1.53 bits per heavy atom. The normalized spacial score (nSPS) is 10.1. The van der Waals surface area contributed by atoms with Crippen molar-refractivity contribution in [1.82, 2.24) is 5.32 Å². The Hall–Kier alpha value is -0.320. The quantitative estimate of drug-likeness (QED) is 0.890. The highest BCUT2D eigenvalue weighted by Gasteiger charge is 2.02. The Morgan fingerprint density at radius 2 is 2.27 bits per heavy atom. The lowest BCUT2D eigenvalue weighted by Crippen LogP contribution is -2.14. The summed E-state index contributed by atoms with van der Waals surface area (Å²) in [4.78, 5) is 0. The topological polar surface area (TPSA) is 21.3 Å². The van der Waals surface area contributed by atoms with Crippen LogP contribution in [0.2, 0.25) is 0 Å². The van der Waals surface area contributed by atoms with Crippen molar-refractivity contribution in [1.29, 1.82) is 0 Å². The van der Waals surface area contributed by atoms with Gasteiger partial charge < -0.3 is 10.1 Å². The molecular formula is C11H13Br2NO. The van der Waals surface area contributed by atoms with Gasteiger partial charge in [-0.2, -0.15) is 0 Å². The second kappa shape index (κ2) is 6.30. The lowest BCUT2D eigenvalue weighted by atomic mass is 10.2. The molecule has 0 saturated carbocycles. The fourth-order valence-electron chi connectivity index (χ4n) is 1.20. The molecule has 0 heterocycles. The Labute approximate surface area is 107 Å². The SMILES string of the molecule is C=C(Br)CNCc1ccc(Br)cc1OC. The van der Waals surface area contributed by atoms with Gasteiger partial charge in [0.2, 0.25) is 0 Å². The molecule has 0 amide bonds. The molecule has 4 heteroatoms. The molecule has 82 valence electrons. The molecule has 0 aliphatic rings. The van der Waals surface area contributed by atoms with Crippen LogP contribution in [0.3, 0.4) is 0 Å². The molecule has 1 aromatic carbocycles. The van der Waals surface area contributed by atoms with Gasteiger partial charge in [-0.15, -0.1) is 0 Å². The summed E-state index contributed by atoms with van der Waals surface area (Å²) in [6, 6.07) is 6.00. The minimum Gasteiger partial charge on any atom is -0.496 e. The van der Waals surface area contributed by atoms with Crippen molar-refractivity contribution in [2.24, 2.45) is 0 Å². The molecule has 0 fully saturated rings. The molecule has 0 aromatic heterocycles. The predicted molar refractivity (Wildman–Crippen MR) is 70.5 cm³/mol. The van der Waals surface area contributed by atoms with E-state index in [0.717, 1.165) is 33.4 Å². The first-order valence-electron chi connectivity index (χ1n) is 4.50. The van der Waals surface area contributed by atoms with Gasteiger partial charge in [-0.3, -0.25) is 0 Å². The first kappa shape index (κ1) is 12.7. The molecule has 0 aliphatic heterocycles. The predicted octanol–water partition coefficient (Wildman–Crippen LogP) is 3.46. The summed E-state index contributed by atoms with van der Waals surface area (Å²) in [5, 5.41) is 3.25. The Bertz CT molecular complexity index is 352. The zero-order valence-corrected chi connectivity index (χ0v) is 11.7. The molecule has 0 aliphatic carbocycles. The van der Waals surface area contributed by atoms with Gasteiger partial charge >= 0.3 is 0 Å². The molecule has 0 atom stereocenters. The molecular weight excluding hydrogens is 322 g/mol. The van der Waals surface area contributed by atoms with E-state index in [4.69, 9.17) is 4.74 Å². The van der Waals surface area contributed by atoms with Gasteiger partial charge in [0.1, 0.15) is 5.75 Å². The third kappa shape index (κ3) is 4.36. The number of nitrogens with one attached hydrogen (secondary N) is 1. The molecule has 0 bridgehead atoms. The lowest BCUT2D eigenvalue weighted by molar-refractivity contribution is 0.408. The fraction of sp³-hybridized carbons (Fsp3) is 0.273. The van der Waals surface area contributed by atoms with Crippen LogP contribution in [0.15, 0.2) is 33.7 Å². The standard InChI is InChI=1S/C11H13Br2NO/c1-8(12)6-14-7-9-3-4-10(13)5-11(9)15-2/h3-5,14H,1,6-7H2,2H3. The summed E-state index contributed by atoms with van der Waals surface area (Å²) in [6.07, 6.45) is 0. The van der Waals surface area contributed by atoms with Crippen LogP contribution in [-0.2, 0) is 6.54 Å². The molecule has 0 spiro atoms. The van der Waals surface area contributed by atoms with Gasteiger partial charge in [0.05, 0.1) is 7.11 Å². The maximum Gasteiger partial charge on any atom is 0.124 e. The van der Waals surface area contributed by atoms with Crippen LogP contribution in [0.4, 0.5) is 0 Å². The van der Waals surface area contributed by atoms with E-state index in [-0.39, 0.29) is 0 Å². The van der Waals surface area contributed by atoms with E-state index < -0.39 is 0 Å².